The predicted molar refractivity (Wildman–Crippen MR) is 60.4 cm³/mol. The molecule has 0 spiro atoms. The van der Waals surface area contributed by atoms with Gasteiger partial charge in [0.1, 0.15) is 0 Å². The first kappa shape index (κ1) is 10.6. The third-order valence-corrected chi connectivity index (χ3v) is 3.22. The molecule has 1 aromatic rings. The number of aromatic nitrogens is 2. The number of hydrogen-bond acceptors (Lipinski definition) is 3. The molecule has 84 valence electrons. The Hall–Kier alpha value is -0.870. The maximum atomic E-state index is 6.18. The van der Waals surface area contributed by atoms with Gasteiger partial charge in [-0.3, -0.25) is 4.90 Å². The quantitative estimate of drug-likeness (QED) is 0.803. The molecular formula is C11H20N4. The van der Waals surface area contributed by atoms with Gasteiger partial charge in [-0.1, -0.05) is 6.92 Å². The van der Waals surface area contributed by atoms with Crippen molar-refractivity contribution in [1.29, 1.82) is 0 Å². The zero-order valence-electron chi connectivity index (χ0n) is 9.56. The summed E-state index contributed by atoms with van der Waals surface area (Å²) in [5.74, 6) is 0. The highest BCUT2D eigenvalue weighted by Crippen LogP contribution is 2.30. The highest BCUT2D eigenvalue weighted by Gasteiger charge is 2.33. The highest BCUT2D eigenvalue weighted by atomic mass is 15.2. The first-order valence-corrected chi connectivity index (χ1v) is 5.70. The molecule has 15 heavy (non-hydrogen) atoms. The van der Waals surface area contributed by atoms with Gasteiger partial charge < -0.3 is 10.3 Å². The molecule has 0 bridgehead atoms. The Kier molecular flexibility index (Phi) is 3.07. The summed E-state index contributed by atoms with van der Waals surface area (Å²) >= 11 is 0. The van der Waals surface area contributed by atoms with Crippen molar-refractivity contribution in [3.63, 3.8) is 0 Å². The molecule has 1 aromatic heterocycles. The summed E-state index contributed by atoms with van der Waals surface area (Å²) in [4.78, 5) is 6.65. The van der Waals surface area contributed by atoms with E-state index in [1.807, 2.05) is 19.6 Å². The fourth-order valence-electron chi connectivity index (χ4n) is 2.48. The van der Waals surface area contributed by atoms with Gasteiger partial charge in [-0.25, -0.2) is 4.98 Å². The van der Waals surface area contributed by atoms with E-state index in [1.54, 1.807) is 0 Å². The zero-order chi connectivity index (χ0) is 10.8. The van der Waals surface area contributed by atoms with Gasteiger partial charge in [-0.15, -0.1) is 0 Å². The smallest absolute Gasteiger partial charge is 0.0946 e. The van der Waals surface area contributed by atoms with Crippen LogP contribution in [0, 0.1) is 0 Å². The topological polar surface area (TPSA) is 47.1 Å². The van der Waals surface area contributed by atoms with Crippen LogP contribution in [-0.2, 0) is 7.05 Å². The average Bonchev–Trinajstić information content (AvgIpc) is 2.75. The number of nitrogens with two attached hydrogens (primary N) is 1. The van der Waals surface area contributed by atoms with Crippen LogP contribution in [0.1, 0.15) is 31.5 Å². The van der Waals surface area contributed by atoms with Crippen LogP contribution in [0.5, 0.6) is 0 Å². The third-order valence-electron chi connectivity index (χ3n) is 3.22. The van der Waals surface area contributed by atoms with Crippen LogP contribution in [0.25, 0.3) is 0 Å². The van der Waals surface area contributed by atoms with E-state index in [9.17, 15) is 0 Å². The Morgan fingerprint density at radius 1 is 1.60 bits per heavy atom. The van der Waals surface area contributed by atoms with Crippen molar-refractivity contribution >= 4 is 0 Å². The first-order chi connectivity index (χ1) is 7.24. The summed E-state index contributed by atoms with van der Waals surface area (Å²) in [7, 11) is 2.04. The number of likely N-dealkylation sites (tertiary alicyclic amines) is 1. The van der Waals surface area contributed by atoms with Crippen molar-refractivity contribution in [2.45, 2.75) is 31.8 Å². The SMILES string of the molecule is CCCN1CCC(N)C1c1cncn1C. The Labute approximate surface area is 91.1 Å². The largest absolute Gasteiger partial charge is 0.336 e. The maximum absolute atomic E-state index is 6.18. The summed E-state index contributed by atoms with van der Waals surface area (Å²) < 4.78 is 2.08. The van der Waals surface area contributed by atoms with Gasteiger partial charge in [0.2, 0.25) is 0 Å². The lowest BCUT2D eigenvalue weighted by molar-refractivity contribution is 0.240. The molecule has 1 saturated heterocycles. The van der Waals surface area contributed by atoms with Crippen molar-refractivity contribution in [2.24, 2.45) is 12.8 Å². The number of rotatable bonds is 3. The number of hydrogen-bond donors (Lipinski definition) is 1. The average molecular weight is 208 g/mol. The third kappa shape index (κ3) is 1.92. The lowest BCUT2D eigenvalue weighted by Crippen LogP contribution is -2.33. The zero-order valence-corrected chi connectivity index (χ0v) is 9.56. The maximum Gasteiger partial charge on any atom is 0.0946 e. The van der Waals surface area contributed by atoms with Gasteiger partial charge in [-0.05, 0) is 19.4 Å². The minimum absolute atomic E-state index is 0.256. The van der Waals surface area contributed by atoms with Crippen LogP contribution in [0.4, 0.5) is 0 Å². The molecule has 0 radical (unpaired) electrons. The van der Waals surface area contributed by atoms with E-state index in [0.717, 1.165) is 19.5 Å². The van der Waals surface area contributed by atoms with Crippen LogP contribution in [0.2, 0.25) is 0 Å². The lowest BCUT2D eigenvalue weighted by Gasteiger charge is -2.26. The van der Waals surface area contributed by atoms with Crippen molar-refractivity contribution in [2.75, 3.05) is 13.1 Å². The molecule has 2 N–H and O–H groups in total. The van der Waals surface area contributed by atoms with Crippen molar-refractivity contribution in [3.05, 3.63) is 18.2 Å². The summed E-state index contributed by atoms with van der Waals surface area (Å²) in [6.45, 7) is 4.46. The van der Waals surface area contributed by atoms with E-state index in [1.165, 1.54) is 12.1 Å². The lowest BCUT2D eigenvalue weighted by atomic mass is 10.1. The number of nitrogens with zero attached hydrogens (tertiary/aromatic N) is 3. The minimum atomic E-state index is 0.256. The molecule has 4 heteroatoms. The fraction of sp³-hybridized carbons (Fsp3) is 0.727. The molecule has 2 heterocycles. The highest BCUT2D eigenvalue weighted by molar-refractivity contribution is 5.11. The van der Waals surface area contributed by atoms with E-state index in [4.69, 9.17) is 5.73 Å². The molecule has 0 saturated carbocycles. The monoisotopic (exact) mass is 208 g/mol. The van der Waals surface area contributed by atoms with E-state index in [0.29, 0.717) is 6.04 Å². The van der Waals surface area contributed by atoms with Crippen LogP contribution in [0.15, 0.2) is 12.5 Å². The van der Waals surface area contributed by atoms with Crippen LogP contribution >= 0.6 is 0 Å². The van der Waals surface area contributed by atoms with Crippen LogP contribution in [-0.4, -0.2) is 33.6 Å². The minimum Gasteiger partial charge on any atom is -0.336 e. The van der Waals surface area contributed by atoms with Gasteiger partial charge in [0, 0.05) is 25.8 Å². The van der Waals surface area contributed by atoms with E-state index in [2.05, 4.69) is 21.4 Å². The molecule has 1 aliphatic heterocycles. The van der Waals surface area contributed by atoms with Gasteiger partial charge >= 0.3 is 0 Å². The van der Waals surface area contributed by atoms with Gasteiger partial charge in [0.15, 0.2) is 0 Å². The molecule has 1 aliphatic rings. The second-order valence-electron chi connectivity index (χ2n) is 4.36. The summed E-state index contributed by atoms with van der Waals surface area (Å²) in [5, 5.41) is 0. The van der Waals surface area contributed by atoms with Gasteiger partial charge in [0.25, 0.3) is 0 Å². The normalized spacial score (nSPS) is 27.4. The second-order valence-corrected chi connectivity index (χ2v) is 4.36. The van der Waals surface area contributed by atoms with E-state index < -0.39 is 0 Å². The van der Waals surface area contributed by atoms with Crippen LogP contribution < -0.4 is 5.73 Å². The van der Waals surface area contributed by atoms with E-state index >= 15 is 0 Å². The fourth-order valence-corrected chi connectivity index (χ4v) is 2.48. The van der Waals surface area contributed by atoms with Crippen molar-refractivity contribution in [3.8, 4) is 0 Å². The number of aryl methyl sites for hydroxylation is 1. The molecule has 2 atom stereocenters. The molecule has 0 aliphatic carbocycles. The molecule has 2 unspecified atom stereocenters. The van der Waals surface area contributed by atoms with Gasteiger partial charge in [0.05, 0.1) is 18.1 Å². The van der Waals surface area contributed by atoms with E-state index in [-0.39, 0.29) is 6.04 Å². The Balaban J connectivity index is 2.21. The Morgan fingerprint density at radius 2 is 2.40 bits per heavy atom. The Morgan fingerprint density at radius 3 is 3.00 bits per heavy atom. The molecule has 2 rings (SSSR count). The second kappa shape index (κ2) is 4.33. The standard InChI is InChI=1S/C11H20N4/c1-3-5-15-6-4-9(12)11(15)10-7-13-8-14(10)2/h7-9,11H,3-6,12H2,1-2H3. The summed E-state index contributed by atoms with van der Waals surface area (Å²) in [5.41, 5.74) is 7.42. The Bertz CT molecular complexity index is 318. The molecule has 0 amide bonds. The molecule has 1 fully saturated rings. The first-order valence-electron chi connectivity index (χ1n) is 5.70. The van der Waals surface area contributed by atoms with Crippen LogP contribution in [0.3, 0.4) is 0 Å². The molecular weight excluding hydrogens is 188 g/mol. The number of imidazole rings is 1. The predicted octanol–water partition coefficient (Wildman–Crippen LogP) is 0.904. The van der Waals surface area contributed by atoms with Crippen molar-refractivity contribution in [1.82, 2.24) is 14.5 Å². The van der Waals surface area contributed by atoms with Crippen molar-refractivity contribution < 1.29 is 0 Å². The molecule has 0 aromatic carbocycles. The summed E-state index contributed by atoms with van der Waals surface area (Å²) in [6.07, 6.45) is 6.07. The summed E-state index contributed by atoms with van der Waals surface area (Å²) in [6, 6.07) is 0.615. The molecule has 4 nitrogen and oxygen atoms in total. The van der Waals surface area contributed by atoms with Gasteiger partial charge in [-0.2, -0.15) is 0 Å².